The van der Waals surface area contributed by atoms with Crippen molar-refractivity contribution in [3.63, 3.8) is 0 Å². The Morgan fingerprint density at radius 3 is 2.38 bits per heavy atom. The van der Waals surface area contributed by atoms with Gasteiger partial charge in [-0.15, -0.1) is 0 Å². The van der Waals surface area contributed by atoms with Gasteiger partial charge in [-0.2, -0.15) is 13.2 Å². The third-order valence-corrected chi connectivity index (χ3v) is 2.49. The van der Waals surface area contributed by atoms with E-state index < -0.39 is 24.0 Å². The maximum absolute atomic E-state index is 12.2. The molecule has 0 aromatic carbocycles. The van der Waals surface area contributed by atoms with Crippen LogP contribution in [-0.4, -0.2) is 17.3 Å². The topological polar surface area (TPSA) is 37.3 Å². The zero-order valence-corrected chi connectivity index (χ0v) is 6.97. The number of hydrogen-bond acceptors (Lipinski definition) is 1. The zero-order valence-electron chi connectivity index (χ0n) is 6.97. The lowest BCUT2D eigenvalue weighted by molar-refractivity contribution is -0.188. The van der Waals surface area contributed by atoms with E-state index in [2.05, 4.69) is 0 Å². The summed E-state index contributed by atoms with van der Waals surface area (Å²) in [7, 11) is 0. The van der Waals surface area contributed by atoms with E-state index in [1.165, 1.54) is 0 Å². The van der Waals surface area contributed by atoms with E-state index in [1.54, 1.807) is 0 Å². The molecule has 13 heavy (non-hydrogen) atoms. The van der Waals surface area contributed by atoms with Crippen LogP contribution in [0.1, 0.15) is 25.7 Å². The number of halogens is 3. The normalized spacial score (nSPS) is 30.1. The molecule has 0 aliphatic heterocycles. The highest BCUT2D eigenvalue weighted by Crippen LogP contribution is 2.39. The van der Waals surface area contributed by atoms with E-state index in [0.717, 1.165) is 0 Å². The average molecular weight is 196 g/mol. The number of hydrogen-bond donors (Lipinski definition) is 1. The molecular formula is C8H11F3O2. The van der Waals surface area contributed by atoms with E-state index in [9.17, 15) is 18.0 Å². The molecular weight excluding hydrogens is 185 g/mol. The van der Waals surface area contributed by atoms with Gasteiger partial charge in [0.05, 0.1) is 11.8 Å². The Kier molecular flexibility index (Phi) is 2.83. The summed E-state index contributed by atoms with van der Waals surface area (Å²) >= 11 is 0. The van der Waals surface area contributed by atoms with Gasteiger partial charge in [-0.05, 0) is 19.3 Å². The molecule has 0 saturated heterocycles. The lowest BCUT2D eigenvalue weighted by Gasteiger charge is -2.28. The lowest BCUT2D eigenvalue weighted by atomic mass is 9.81. The fourth-order valence-corrected chi connectivity index (χ4v) is 1.71. The van der Waals surface area contributed by atoms with Gasteiger partial charge in [0.2, 0.25) is 0 Å². The second-order valence-corrected chi connectivity index (χ2v) is 3.44. The highest BCUT2D eigenvalue weighted by Gasteiger charge is 2.43. The average Bonchev–Trinajstić information content (AvgIpc) is 2.03. The van der Waals surface area contributed by atoms with Gasteiger partial charge in [-0.1, -0.05) is 6.42 Å². The predicted octanol–water partition coefficient (Wildman–Crippen LogP) is 2.44. The third-order valence-electron chi connectivity index (χ3n) is 2.49. The molecule has 0 bridgehead atoms. The Morgan fingerprint density at radius 1 is 1.31 bits per heavy atom. The Balaban J connectivity index is 2.57. The maximum Gasteiger partial charge on any atom is 0.391 e. The third kappa shape index (κ3) is 2.60. The predicted molar refractivity (Wildman–Crippen MR) is 39.1 cm³/mol. The number of aliphatic carboxylic acids is 1. The van der Waals surface area contributed by atoms with Crippen molar-refractivity contribution in [3.8, 4) is 0 Å². The molecule has 1 saturated carbocycles. The number of alkyl halides is 3. The molecule has 0 aromatic heterocycles. The van der Waals surface area contributed by atoms with Crippen molar-refractivity contribution in [2.75, 3.05) is 0 Å². The van der Waals surface area contributed by atoms with E-state index in [0.29, 0.717) is 12.8 Å². The highest BCUT2D eigenvalue weighted by molar-refractivity contribution is 5.70. The summed E-state index contributed by atoms with van der Waals surface area (Å²) in [6.07, 6.45) is -3.66. The minimum atomic E-state index is -4.23. The largest absolute Gasteiger partial charge is 0.481 e. The van der Waals surface area contributed by atoms with E-state index in [1.807, 2.05) is 0 Å². The van der Waals surface area contributed by atoms with Crippen LogP contribution in [0.15, 0.2) is 0 Å². The standard InChI is InChI=1S/C8H11F3O2/c9-8(10,11)6-3-1-2-5(4-6)7(12)13/h5-6H,1-4H2,(H,12,13)/t5?,6-/m0/s1. The minimum Gasteiger partial charge on any atom is -0.481 e. The fourth-order valence-electron chi connectivity index (χ4n) is 1.71. The molecule has 5 heteroatoms. The molecule has 1 aliphatic rings. The van der Waals surface area contributed by atoms with Gasteiger partial charge < -0.3 is 5.11 Å². The number of carbonyl (C=O) groups is 1. The summed E-state index contributed by atoms with van der Waals surface area (Å²) in [6.45, 7) is 0. The summed E-state index contributed by atoms with van der Waals surface area (Å²) in [6, 6.07) is 0. The molecule has 1 N–H and O–H groups in total. The number of carboxylic acids is 1. The van der Waals surface area contributed by atoms with Gasteiger partial charge in [-0.25, -0.2) is 0 Å². The molecule has 76 valence electrons. The molecule has 0 aromatic rings. The van der Waals surface area contributed by atoms with Gasteiger partial charge in [0.1, 0.15) is 0 Å². The molecule has 1 unspecified atom stereocenters. The molecule has 1 rings (SSSR count). The zero-order chi connectivity index (χ0) is 10.1. The SMILES string of the molecule is O=C(O)C1CCC[C@H](C(F)(F)F)C1. The van der Waals surface area contributed by atoms with Crippen LogP contribution in [0.5, 0.6) is 0 Å². The van der Waals surface area contributed by atoms with Crippen molar-refractivity contribution in [3.05, 3.63) is 0 Å². The first-order valence-corrected chi connectivity index (χ1v) is 4.21. The summed E-state index contributed by atoms with van der Waals surface area (Å²) in [5, 5.41) is 8.55. The second kappa shape index (κ2) is 3.55. The van der Waals surface area contributed by atoms with Crippen LogP contribution in [0.3, 0.4) is 0 Å². The highest BCUT2D eigenvalue weighted by atomic mass is 19.4. The van der Waals surface area contributed by atoms with Crippen LogP contribution in [0, 0.1) is 11.8 Å². The Labute approximate surface area is 73.7 Å². The van der Waals surface area contributed by atoms with Gasteiger partial charge in [0.25, 0.3) is 0 Å². The Morgan fingerprint density at radius 2 is 1.92 bits per heavy atom. The fraction of sp³-hybridized carbons (Fsp3) is 0.875. The van der Waals surface area contributed by atoms with E-state index >= 15 is 0 Å². The van der Waals surface area contributed by atoms with Crippen LogP contribution < -0.4 is 0 Å². The van der Waals surface area contributed by atoms with E-state index in [4.69, 9.17) is 5.11 Å². The first-order chi connectivity index (χ1) is 5.91. The molecule has 0 heterocycles. The summed E-state index contributed by atoms with van der Waals surface area (Å²) in [5.74, 6) is -3.32. The molecule has 1 aliphatic carbocycles. The van der Waals surface area contributed by atoms with Crippen molar-refractivity contribution in [1.29, 1.82) is 0 Å². The maximum atomic E-state index is 12.2. The molecule has 0 spiro atoms. The van der Waals surface area contributed by atoms with Gasteiger partial charge in [-0.3, -0.25) is 4.79 Å². The van der Waals surface area contributed by atoms with Crippen LogP contribution in [0.2, 0.25) is 0 Å². The summed E-state index contributed by atoms with van der Waals surface area (Å²) < 4.78 is 36.6. The van der Waals surface area contributed by atoms with Crippen molar-refractivity contribution >= 4 is 5.97 Å². The summed E-state index contributed by atoms with van der Waals surface area (Å²) in [5.41, 5.74) is 0. The second-order valence-electron chi connectivity index (χ2n) is 3.44. The quantitative estimate of drug-likeness (QED) is 0.699. The summed E-state index contributed by atoms with van der Waals surface area (Å²) in [4.78, 5) is 10.5. The van der Waals surface area contributed by atoms with Gasteiger partial charge >= 0.3 is 12.1 Å². The number of rotatable bonds is 1. The van der Waals surface area contributed by atoms with Crippen LogP contribution in [0.25, 0.3) is 0 Å². The molecule has 0 amide bonds. The van der Waals surface area contributed by atoms with Crippen molar-refractivity contribution in [1.82, 2.24) is 0 Å². The monoisotopic (exact) mass is 196 g/mol. The van der Waals surface area contributed by atoms with Crippen molar-refractivity contribution < 1.29 is 23.1 Å². The minimum absolute atomic E-state index is 0.0767. The van der Waals surface area contributed by atoms with Crippen LogP contribution in [0.4, 0.5) is 13.2 Å². The molecule has 2 nitrogen and oxygen atoms in total. The first-order valence-electron chi connectivity index (χ1n) is 4.21. The van der Waals surface area contributed by atoms with E-state index in [-0.39, 0.29) is 12.8 Å². The van der Waals surface area contributed by atoms with Gasteiger partial charge in [0, 0.05) is 0 Å². The van der Waals surface area contributed by atoms with Gasteiger partial charge in [0.15, 0.2) is 0 Å². The molecule has 0 radical (unpaired) electrons. The molecule has 2 atom stereocenters. The Hall–Kier alpha value is -0.740. The smallest absolute Gasteiger partial charge is 0.391 e. The van der Waals surface area contributed by atoms with Crippen LogP contribution >= 0.6 is 0 Å². The van der Waals surface area contributed by atoms with Crippen molar-refractivity contribution in [2.45, 2.75) is 31.9 Å². The van der Waals surface area contributed by atoms with Crippen LogP contribution in [-0.2, 0) is 4.79 Å². The molecule has 1 fully saturated rings. The Bertz CT molecular complexity index is 200. The first kappa shape index (κ1) is 10.3. The number of carboxylic acid groups (broad SMARTS) is 1. The lowest BCUT2D eigenvalue weighted by Crippen LogP contribution is -2.31. The van der Waals surface area contributed by atoms with Crippen molar-refractivity contribution in [2.24, 2.45) is 11.8 Å².